The predicted molar refractivity (Wildman–Crippen MR) is 91.4 cm³/mol. The summed E-state index contributed by atoms with van der Waals surface area (Å²) in [5.74, 6) is 0.530. The van der Waals surface area contributed by atoms with Crippen LogP contribution in [0.15, 0.2) is 29.8 Å². The van der Waals surface area contributed by atoms with Crippen molar-refractivity contribution < 1.29 is 9.53 Å². The molecule has 2 fully saturated rings. The maximum atomic E-state index is 12.5. The SMILES string of the molecule is Cc1ccc(/C=C2\CCC(CN3CCOCC3)C2=O)cc1.Cl. The number of halogens is 1. The van der Waals surface area contributed by atoms with E-state index in [4.69, 9.17) is 4.74 Å². The molecule has 0 amide bonds. The predicted octanol–water partition coefficient (Wildman–Crippen LogP) is 3.11. The lowest BCUT2D eigenvalue weighted by Gasteiger charge is -2.28. The van der Waals surface area contributed by atoms with Crippen LogP contribution >= 0.6 is 12.4 Å². The molecule has 1 saturated carbocycles. The Morgan fingerprint density at radius 3 is 2.59 bits per heavy atom. The molecule has 0 bridgehead atoms. The smallest absolute Gasteiger partial charge is 0.163 e. The molecule has 1 saturated heterocycles. The van der Waals surface area contributed by atoms with Gasteiger partial charge in [-0.1, -0.05) is 29.8 Å². The van der Waals surface area contributed by atoms with Gasteiger partial charge in [0.25, 0.3) is 0 Å². The molecule has 120 valence electrons. The van der Waals surface area contributed by atoms with Crippen LogP contribution < -0.4 is 0 Å². The van der Waals surface area contributed by atoms with E-state index in [1.54, 1.807) is 0 Å². The number of allylic oxidation sites excluding steroid dienone is 1. The molecule has 0 spiro atoms. The van der Waals surface area contributed by atoms with Crippen LogP contribution in [-0.4, -0.2) is 43.5 Å². The van der Waals surface area contributed by atoms with Crippen LogP contribution in [-0.2, 0) is 9.53 Å². The summed E-state index contributed by atoms with van der Waals surface area (Å²) < 4.78 is 5.36. The maximum absolute atomic E-state index is 12.5. The lowest BCUT2D eigenvalue weighted by atomic mass is 10.0. The molecule has 1 unspecified atom stereocenters. The van der Waals surface area contributed by atoms with Gasteiger partial charge in [-0.25, -0.2) is 0 Å². The Morgan fingerprint density at radius 1 is 1.23 bits per heavy atom. The van der Waals surface area contributed by atoms with Crippen molar-refractivity contribution in [3.63, 3.8) is 0 Å². The molecule has 22 heavy (non-hydrogen) atoms. The standard InChI is InChI=1S/C18H23NO2.ClH/c1-14-2-4-15(5-3-14)12-16-6-7-17(18(16)20)13-19-8-10-21-11-9-19;/h2-5,12,17H,6-11,13H2,1H3;1H/b16-12+;. The molecule has 0 radical (unpaired) electrons. The van der Waals surface area contributed by atoms with Gasteiger partial charge in [0.2, 0.25) is 0 Å². The van der Waals surface area contributed by atoms with E-state index < -0.39 is 0 Å². The van der Waals surface area contributed by atoms with Gasteiger partial charge in [0.1, 0.15) is 0 Å². The van der Waals surface area contributed by atoms with Crippen molar-refractivity contribution in [3.8, 4) is 0 Å². The normalized spacial score (nSPS) is 24.5. The van der Waals surface area contributed by atoms with Gasteiger partial charge < -0.3 is 4.74 Å². The fraction of sp³-hybridized carbons (Fsp3) is 0.500. The Kier molecular flexibility index (Phi) is 6.18. The average molecular weight is 322 g/mol. The van der Waals surface area contributed by atoms with Gasteiger partial charge in [0, 0.05) is 25.6 Å². The minimum atomic E-state index is 0. The van der Waals surface area contributed by atoms with E-state index in [2.05, 4.69) is 42.2 Å². The summed E-state index contributed by atoms with van der Waals surface area (Å²) in [6, 6.07) is 8.36. The van der Waals surface area contributed by atoms with E-state index in [-0.39, 0.29) is 18.3 Å². The molecule has 3 nitrogen and oxygen atoms in total. The first kappa shape index (κ1) is 17.2. The minimum Gasteiger partial charge on any atom is -0.379 e. The van der Waals surface area contributed by atoms with Crippen molar-refractivity contribution in [2.45, 2.75) is 19.8 Å². The van der Waals surface area contributed by atoms with Crippen molar-refractivity contribution in [3.05, 3.63) is 41.0 Å². The average Bonchev–Trinajstić information content (AvgIpc) is 2.84. The Morgan fingerprint density at radius 2 is 1.91 bits per heavy atom. The fourth-order valence-corrected chi connectivity index (χ4v) is 3.12. The number of morpholine rings is 1. The van der Waals surface area contributed by atoms with E-state index in [1.165, 1.54) is 5.56 Å². The summed E-state index contributed by atoms with van der Waals surface area (Å²) in [5.41, 5.74) is 3.38. The first-order valence-corrected chi connectivity index (χ1v) is 7.84. The Bertz CT molecular complexity index is 533. The number of hydrogen-bond donors (Lipinski definition) is 0. The molecule has 4 heteroatoms. The van der Waals surface area contributed by atoms with E-state index in [9.17, 15) is 4.79 Å². The first-order valence-electron chi connectivity index (χ1n) is 7.84. The van der Waals surface area contributed by atoms with Crippen molar-refractivity contribution in [1.82, 2.24) is 4.90 Å². The van der Waals surface area contributed by atoms with Crippen LogP contribution in [0.4, 0.5) is 0 Å². The second-order valence-electron chi connectivity index (χ2n) is 6.09. The molecule has 1 aliphatic heterocycles. The van der Waals surface area contributed by atoms with E-state index in [1.807, 2.05) is 0 Å². The number of aryl methyl sites for hydroxylation is 1. The lowest BCUT2D eigenvalue weighted by molar-refractivity contribution is -0.118. The third-order valence-electron chi connectivity index (χ3n) is 4.45. The van der Waals surface area contributed by atoms with Gasteiger partial charge in [-0.05, 0) is 37.0 Å². The molecular weight excluding hydrogens is 298 g/mol. The van der Waals surface area contributed by atoms with Crippen molar-refractivity contribution in [1.29, 1.82) is 0 Å². The number of ketones is 1. The summed E-state index contributed by atoms with van der Waals surface area (Å²) in [5, 5.41) is 0. The highest BCUT2D eigenvalue weighted by atomic mass is 35.5. The van der Waals surface area contributed by atoms with Crippen LogP contribution in [0.5, 0.6) is 0 Å². The van der Waals surface area contributed by atoms with Gasteiger partial charge in [-0.3, -0.25) is 9.69 Å². The van der Waals surface area contributed by atoms with Gasteiger partial charge in [0.15, 0.2) is 5.78 Å². The van der Waals surface area contributed by atoms with Crippen LogP contribution in [0.2, 0.25) is 0 Å². The Hall–Kier alpha value is -1.16. The lowest BCUT2D eigenvalue weighted by Crippen LogP contribution is -2.40. The van der Waals surface area contributed by atoms with Gasteiger partial charge in [0.05, 0.1) is 13.2 Å². The van der Waals surface area contributed by atoms with Crippen LogP contribution in [0.1, 0.15) is 24.0 Å². The number of carbonyl (C=O) groups excluding carboxylic acids is 1. The Labute approximate surface area is 138 Å². The third-order valence-corrected chi connectivity index (χ3v) is 4.45. The second-order valence-corrected chi connectivity index (χ2v) is 6.09. The summed E-state index contributed by atoms with van der Waals surface area (Å²) in [6.45, 7) is 6.49. The molecule has 1 heterocycles. The highest BCUT2D eigenvalue weighted by Gasteiger charge is 2.30. The number of benzene rings is 1. The van der Waals surface area contributed by atoms with Crippen LogP contribution in [0.3, 0.4) is 0 Å². The first-order chi connectivity index (χ1) is 10.2. The zero-order chi connectivity index (χ0) is 14.7. The largest absolute Gasteiger partial charge is 0.379 e. The Balaban J connectivity index is 0.00000176. The summed E-state index contributed by atoms with van der Waals surface area (Å²) in [6.07, 6.45) is 3.98. The van der Waals surface area contributed by atoms with Gasteiger partial charge >= 0.3 is 0 Å². The molecule has 1 aliphatic carbocycles. The molecule has 2 aliphatic rings. The van der Waals surface area contributed by atoms with Crippen LogP contribution in [0.25, 0.3) is 6.08 Å². The molecule has 1 aromatic carbocycles. The number of ether oxygens (including phenoxy) is 1. The zero-order valence-corrected chi connectivity index (χ0v) is 13.9. The number of rotatable bonds is 3. The highest BCUT2D eigenvalue weighted by molar-refractivity contribution is 6.03. The molecular formula is C18H24ClNO2. The van der Waals surface area contributed by atoms with Crippen molar-refractivity contribution >= 4 is 24.3 Å². The van der Waals surface area contributed by atoms with Crippen LogP contribution in [0, 0.1) is 12.8 Å². The third kappa shape index (κ3) is 4.19. The quantitative estimate of drug-likeness (QED) is 0.801. The number of nitrogens with zero attached hydrogens (tertiary/aromatic N) is 1. The molecule has 1 aromatic rings. The summed E-state index contributed by atoms with van der Waals surface area (Å²) in [4.78, 5) is 14.9. The number of carbonyl (C=O) groups is 1. The number of Topliss-reactive ketones (excluding diaryl/α,β-unsaturated/α-hetero) is 1. The zero-order valence-electron chi connectivity index (χ0n) is 13.1. The van der Waals surface area contributed by atoms with Crippen molar-refractivity contribution in [2.24, 2.45) is 5.92 Å². The monoisotopic (exact) mass is 321 g/mol. The minimum absolute atomic E-state index is 0. The molecule has 0 aromatic heterocycles. The summed E-state index contributed by atoms with van der Waals surface area (Å²) >= 11 is 0. The topological polar surface area (TPSA) is 29.5 Å². The molecule has 3 rings (SSSR count). The van der Waals surface area contributed by atoms with E-state index >= 15 is 0 Å². The number of hydrogen-bond acceptors (Lipinski definition) is 3. The fourth-order valence-electron chi connectivity index (χ4n) is 3.12. The summed E-state index contributed by atoms with van der Waals surface area (Å²) in [7, 11) is 0. The molecule has 0 N–H and O–H groups in total. The van der Waals surface area contributed by atoms with E-state index in [0.717, 1.165) is 56.8 Å². The highest BCUT2D eigenvalue weighted by Crippen LogP contribution is 2.29. The van der Waals surface area contributed by atoms with Crippen molar-refractivity contribution in [2.75, 3.05) is 32.8 Å². The van der Waals surface area contributed by atoms with Gasteiger partial charge in [-0.15, -0.1) is 12.4 Å². The van der Waals surface area contributed by atoms with E-state index in [0.29, 0.717) is 5.78 Å². The van der Waals surface area contributed by atoms with Gasteiger partial charge in [-0.2, -0.15) is 0 Å². The maximum Gasteiger partial charge on any atom is 0.163 e. The molecule has 1 atom stereocenters. The second kappa shape index (κ2) is 7.91.